The monoisotopic (exact) mass is 269 g/mol. The average Bonchev–Trinajstić information content (AvgIpc) is 2.24. The zero-order valence-electron chi connectivity index (χ0n) is 9.00. The Morgan fingerprint density at radius 2 is 1.94 bits per heavy atom. The number of halogens is 2. The minimum absolute atomic E-state index is 0. The van der Waals surface area contributed by atoms with Gasteiger partial charge in [0.2, 0.25) is 0 Å². The molecule has 0 saturated carbocycles. The summed E-state index contributed by atoms with van der Waals surface area (Å²) in [5.41, 5.74) is 2.55. The fraction of sp³-hybridized carbons (Fsp3) is 0.0909. The van der Waals surface area contributed by atoms with Gasteiger partial charge < -0.3 is 10.9 Å². The van der Waals surface area contributed by atoms with Gasteiger partial charge in [0, 0.05) is 10.6 Å². The fourth-order valence-electron chi connectivity index (χ4n) is 1.70. The lowest BCUT2D eigenvalue weighted by Crippen LogP contribution is -2.09. The van der Waals surface area contributed by atoms with Crippen molar-refractivity contribution in [1.29, 1.82) is 0 Å². The van der Waals surface area contributed by atoms with Gasteiger partial charge in [-0.05, 0) is 18.2 Å². The molecule has 0 aromatic heterocycles. The standard InChI is InChI=1S/C11H6Cl2N2O.H3N/c1-16-7-3-2-5(12)4-6(7)9-8-10(13)15-11(8)14-9;/h2-4H,1H3;1H3. The van der Waals surface area contributed by atoms with Gasteiger partial charge in [0.25, 0.3) is 0 Å². The molecule has 0 amide bonds. The van der Waals surface area contributed by atoms with Crippen LogP contribution in [0.1, 0.15) is 0 Å². The van der Waals surface area contributed by atoms with Crippen molar-refractivity contribution in [3.8, 4) is 28.4 Å². The van der Waals surface area contributed by atoms with Gasteiger partial charge >= 0.3 is 0 Å². The summed E-state index contributed by atoms with van der Waals surface area (Å²) in [4.78, 5) is 8.19. The van der Waals surface area contributed by atoms with E-state index >= 15 is 0 Å². The van der Waals surface area contributed by atoms with Gasteiger partial charge in [-0.15, -0.1) is 0 Å². The van der Waals surface area contributed by atoms with Crippen molar-refractivity contribution in [2.45, 2.75) is 0 Å². The summed E-state index contributed by atoms with van der Waals surface area (Å²) in [7, 11) is 1.61. The van der Waals surface area contributed by atoms with Gasteiger partial charge in [0.1, 0.15) is 10.9 Å². The van der Waals surface area contributed by atoms with Crippen LogP contribution in [0.15, 0.2) is 18.2 Å². The summed E-state index contributed by atoms with van der Waals surface area (Å²) in [5, 5.41) is 1.14. The maximum absolute atomic E-state index is 5.95. The second kappa shape index (κ2) is 4.14. The Balaban J connectivity index is 0.00000108. The highest BCUT2D eigenvalue weighted by Gasteiger charge is 2.30. The second-order valence-electron chi connectivity index (χ2n) is 3.41. The molecule has 88 valence electrons. The molecule has 1 aromatic rings. The maximum atomic E-state index is 5.95. The molecule has 0 bridgehead atoms. The van der Waals surface area contributed by atoms with Crippen molar-refractivity contribution in [2.75, 3.05) is 7.11 Å². The Hall–Kier alpha value is -1.36. The molecule has 0 aliphatic carbocycles. The molecular formula is C11H9Cl2N3O. The van der Waals surface area contributed by atoms with E-state index in [1.165, 1.54) is 0 Å². The normalized spacial score (nSPS) is 10.8. The maximum Gasteiger partial charge on any atom is 0.166 e. The zero-order valence-corrected chi connectivity index (χ0v) is 10.5. The van der Waals surface area contributed by atoms with Gasteiger partial charge in [-0.3, -0.25) is 0 Å². The lowest BCUT2D eigenvalue weighted by molar-refractivity contribution is 0.416. The van der Waals surface area contributed by atoms with Crippen LogP contribution in [0.3, 0.4) is 0 Å². The van der Waals surface area contributed by atoms with Crippen molar-refractivity contribution < 1.29 is 4.74 Å². The molecule has 3 rings (SSSR count). The molecular weight excluding hydrogens is 261 g/mol. The molecule has 4 nitrogen and oxygen atoms in total. The highest BCUT2D eigenvalue weighted by Crippen LogP contribution is 2.46. The van der Waals surface area contributed by atoms with E-state index in [2.05, 4.69) is 9.97 Å². The van der Waals surface area contributed by atoms with Gasteiger partial charge in [-0.1, -0.05) is 23.2 Å². The number of hydrogen-bond donors (Lipinski definition) is 1. The van der Waals surface area contributed by atoms with Gasteiger partial charge in [-0.2, -0.15) is 0 Å². The van der Waals surface area contributed by atoms with Crippen LogP contribution in [0.4, 0.5) is 0 Å². The van der Waals surface area contributed by atoms with E-state index in [0.717, 1.165) is 22.6 Å². The van der Waals surface area contributed by atoms with E-state index in [1.807, 2.05) is 12.1 Å². The van der Waals surface area contributed by atoms with Gasteiger partial charge in [-0.25, -0.2) is 9.97 Å². The molecule has 0 unspecified atom stereocenters. The SMILES string of the molecule is COc1ccc(Cl)cc1-c1nc2nc(Cl)c1-2.N. The fourth-order valence-corrected chi connectivity index (χ4v) is 2.12. The lowest BCUT2D eigenvalue weighted by Gasteiger charge is -2.21. The summed E-state index contributed by atoms with van der Waals surface area (Å²) in [6, 6.07) is 5.39. The molecule has 2 aliphatic heterocycles. The summed E-state index contributed by atoms with van der Waals surface area (Å²) in [5.74, 6) is 1.44. The number of nitrogens with zero attached hydrogens (tertiary/aromatic N) is 2. The number of benzene rings is 1. The molecule has 0 atom stereocenters. The smallest absolute Gasteiger partial charge is 0.166 e. The van der Waals surface area contributed by atoms with Crippen LogP contribution in [-0.4, -0.2) is 17.1 Å². The van der Waals surface area contributed by atoms with Crippen molar-refractivity contribution in [1.82, 2.24) is 16.1 Å². The summed E-state index contributed by atoms with van der Waals surface area (Å²) in [6.45, 7) is 0. The van der Waals surface area contributed by atoms with Gasteiger partial charge in [0.05, 0.1) is 18.4 Å². The molecule has 0 saturated heterocycles. The van der Waals surface area contributed by atoms with Crippen LogP contribution in [0.25, 0.3) is 22.6 Å². The number of methoxy groups -OCH3 is 1. The zero-order chi connectivity index (χ0) is 11.3. The molecule has 3 N–H and O–H groups in total. The highest BCUT2D eigenvalue weighted by atomic mass is 35.5. The summed E-state index contributed by atoms with van der Waals surface area (Å²) in [6.07, 6.45) is 0. The van der Waals surface area contributed by atoms with Crippen LogP contribution in [0.2, 0.25) is 10.2 Å². The Bertz CT molecular complexity index is 602. The Kier molecular flexibility index (Phi) is 2.95. The van der Waals surface area contributed by atoms with Crippen LogP contribution >= 0.6 is 23.2 Å². The second-order valence-corrected chi connectivity index (χ2v) is 4.20. The molecule has 6 heteroatoms. The first kappa shape index (κ1) is 12.1. The first-order valence-corrected chi connectivity index (χ1v) is 5.38. The van der Waals surface area contributed by atoms with E-state index in [4.69, 9.17) is 27.9 Å². The highest BCUT2D eigenvalue weighted by molar-refractivity contribution is 6.34. The number of ether oxygens (including phenoxy) is 1. The molecule has 17 heavy (non-hydrogen) atoms. The van der Waals surface area contributed by atoms with E-state index < -0.39 is 0 Å². The third-order valence-corrected chi connectivity index (χ3v) is 3.01. The predicted octanol–water partition coefficient (Wildman–Crippen LogP) is 3.60. The Labute approximate surface area is 108 Å². The lowest BCUT2D eigenvalue weighted by atomic mass is 10.00. The van der Waals surface area contributed by atoms with E-state index in [0.29, 0.717) is 16.0 Å². The number of aromatic nitrogens is 2. The minimum Gasteiger partial charge on any atom is -0.496 e. The average molecular weight is 270 g/mol. The van der Waals surface area contributed by atoms with Crippen LogP contribution in [0.5, 0.6) is 5.75 Å². The molecule has 2 heterocycles. The van der Waals surface area contributed by atoms with E-state index in [1.54, 1.807) is 13.2 Å². The summed E-state index contributed by atoms with van der Waals surface area (Å²) >= 11 is 11.8. The molecule has 1 aromatic carbocycles. The van der Waals surface area contributed by atoms with Crippen molar-refractivity contribution >= 4 is 23.2 Å². The number of hydrogen-bond acceptors (Lipinski definition) is 4. The summed E-state index contributed by atoms with van der Waals surface area (Å²) < 4.78 is 5.26. The third kappa shape index (κ3) is 1.65. The van der Waals surface area contributed by atoms with Crippen LogP contribution in [0, 0.1) is 0 Å². The molecule has 0 spiro atoms. The predicted molar refractivity (Wildman–Crippen MR) is 68.1 cm³/mol. The molecule has 0 radical (unpaired) electrons. The Morgan fingerprint density at radius 1 is 1.18 bits per heavy atom. The van der Waals surface area contributed by atoms with E-state index in [-0.39, 0.29) is 6.15 Å². The first-order chi connectivity index (χ1) is 7.70. The van der Waals surface area contributed by atoms with Gasteiger partial charge in [0.15, 0.2) is 5.82 Å². The topological polar surface area (TPSA) is 70.0 Å². The molecule has 2 aliphatic rings. The molecule has 0 fully saturated rings. The van der Waals surface area contributed by atoms with Crippen LogP contribution in [-0.2, 0) is 0 Å². The van der Waals surface area contributed by atoms with Crippen LogP contribution < -0.4 is 10.9 Å². The Morgan fingerprint density at radius 3 is 2.53 bits per heavy atom. The first-order valence-electron chi connectivity index (χ1n) is 4.62. The quantitative estimate of drug-likeness (QED) is 0.722. The van der Waals surface area contributed by atoms with Crippen molar-refractivity contribution in [3.05, 3.63) is 28.4 Å². The third-order valence-electron chi connectivity index (χ3n) is 2.51. The van der Waals surface area contributed by atoms with E-state index in [9.17, 15) is 0 Å². The van der Waals surface area contributed by atoms with Crippen molar-refractivity contribution in [3.63, 3.8) is 0 Å². The number of fused-ring (bicyclic) bond motifs is 1. The minimum atomic E-state index is 0. The number of rotatable bonds is 2. The van der Waals surface area contributed by atoms with Crippen molar-refractivity contribution in [2.24, 2.45) is 0 Å². The largest absolute Gasteiger partial charge is 0.496 e.